The van der Waals surface area contributed by atoms with E-state index in [1.165, 1.54) is 12.1 Å². The molecule has 0 unspecified atom stereocenters. The fourth-order valence-electron chi connectivity index (χ4n) is 2.84. The summed E-state index contributed by atoms with van der Waals surface area (Å²) < 4.78 is 24.5. The maximum Gasteiger partial charge on any atom is 0.310 e. The number of rotatable bonds is 5. The number of carbonyl (C=O) groups is 1. The molecule has 2 aromatic carbocycles. The first-order valence-electron chi connectivity index (χ1n) is 7.98. The Morgan fingerprint density at radius 2 is 2.00 bits per heavy atom. The molecule has 25 heavy (non-hydrogen) atoms. The van der Waals surface area contributed by atoms with Gasteiger partial charge < -0.3 is 9.47 Å². The van der Waals surface area contributed by atoms with Gasteiger partial charge in [-0.3, -0.25) is 9.78 Å². The number of nitrogens with zero attached hydrogens (tertiary/aromatic N) is 1. The number of benzene rings is 2. The van der Waals surface area contributed by atoms with Gasteiger partial charge in [0.15, 0.2) is 0 Å². The van der Waals surface area contributed by atoms with Crippen LogP contribution >= 0.6 is 0 Å². The predicted molar refractivity (Wildman–Crippen MR) is 94.0 cm³/mol. The van der Waals surface area contributed by atoms with Crippen LogP contribution in [0.1, 0.15) is 12.5 Å². The molecule has 0 aliphatic carbocycles. The van der Waals surface area contributed by atoms with Gasteiger partial charge in [0.25, 0.3) is 0 Å². The summed E-state index contributed by atoms with van der Waals surface area (Å²) in [4.78, 5) is 15.9. The van der Waals surface area contributed by atoms with Crippen LogP contribution in [0, 0.1) is 5.82 Å². The summed E-state index contributed by atoms with van der Waals surface area (Å²) in [5, 5.41) is 1.57. The molecule has 0 atom stereocenters. The number of hydrogen-bond donors (Lipinski definition) is 0. The van der Waals surface area contributed by atoms with E-state index < -0.39 is 0 Å². The number of carbonyl (C=O) groups excluding carboxylic acids is 1. The summed E-state index contributed by atoms with van der Waals surface area (Å²) in [6.45, 7) is 2.10. The number of hydrogen-bond acceptors (Lipinski definition) is 4. The second kappa shape index (κ2) is 7.30. The molecular formula is C20H18FNO3. The minimum Gasteiger partial charge on any atom is -0.496 e. The van der Waals surface area contributed by atoms with E-state index in [2.05, 4.69) is 4.98 Å². The molecule has 1 aromatic heterocycles. The Morgan fingerprint density at radius 3 is 2.76 bits per heavy atom. The van der Waals surface area contributed by atoms with E-state index in [4.69, 9.17) is 9.47 Å². The fourth-order valence-corrected chi connectivity index (χ4v) is 2.84. The molecule has 1 heterocycles. The molecule has 0 N–H and O–H groups in total. The zero-order chi connectivity index (χ0) is 17.8. The van der Waals surface area contributed by atoms with Crippen molar-refractivity contribution >= 4 is 16.7 Å². The van der Waals surface area contributed by atoms with Gasteiger partial charge in [0.05, 0.1) is 20.1 Å². The Hall–Kier alpha value is -2.95. The Kier molecular flexibility index (Phi) is 4.93. The minimum atomic E-state index is -0.341. The van der Waals surface area contributed by atoms with Crippen LogP contribution in [-0.2, 0) is 16.0 Å². The number of halogens is 1. The highest BCUT2D eigenvalue weighted by Crippen LogP contribution is 2.36. The molecule has 0 spiro atoms. The summed E-state index contributed by atoms with van der Waals surface area (Å²) >= 11 is 0. The quantitative estimate of drug-likeness (QED) is 0.655. The number of pyridine rings is 1. The van der Waals surface area contributed by atoms with E-state index in [1.807, 2.05) is 6.07 Å². The van der Waals surface area contributed by atoms with Gasteiger partial charge in [-0.2, -0.15) is 0 Å². The lowest BCUT2D eigenvalue weighted by Crippen LogP contribution is -2.07. The van der Waals surface area contributed by atoms with Crippen molar-refractivity contribution in [2.45, 2.75) is 13.3 Å². The number of aromatic nitrogens is 1. The van der Waals surface area contributed by atoms with Crippen LogP contribution in [0.25, 0.3) is 21.9 Å². The van der Waals surface area contributed by atoms with Crippen LogP contribution in [0.4, 0.5) is 4.39 Å². The maximum atomic E-state index is 14.1. The van der Waals surface area contributed by atoms with Crippen LogP contribution in [0.3, 0.4) is 0 Å². The normalized spacial score (nSPS) is 10.7. The Bertz CT molecular complexity index is 924. The molecular weight excluding hydrogens is 321 g/mol. The van der Waals surface area contributed by atoms with E-state index in [0.29, 0.717) is 23.5 Å². The average molecular weight is 339 g/mol. The SMILES string of the molecule is CCOC(=O)Cc1ccc(OC)c(-c2cc(F)cc3ccncc23)c1. The standard InChI is InChI=1S/C20H18FNO3/c1-3-25-20(23)9-13-4-5-19(24-2)17(8-13)16-11-15(21)10-14-6-7-22-12-18(14)16/h4-8,10-12H,3,9H2,1-2H3. The molecule has 4 nitrogen and oxygen atoms in total. The summed E-state index contributed by atoms with van der Waals surface area (Å²) in [7, 11) is 1.56. The van der Waals surface area contributed by atoms with Crippen molar-refractivity contribution in [2.75, 3.05) is 13.7 Å². The van der Waals surface area contributed by atoms with Gasteiger partial charge in [0.2, 0.25) is 0 Å². The van der Waals surface area contributed by atoms with Gasteiger partial charge in [-0.05, 0) is 53.8 Å². The van der Waals surface area contributed by atoms with Gasteiger partial charge in [0.1, 0.15) is 11.6 Å². The van der Waals surface area contributed by atoms with Gasteiger partial charge in [-0.25, -0.2) is 4.39 Å². The first-order chi connectivity index (χ1) is 12.1. The third-order valence-corrected chi connectivity index (χ3v) is 3.93. The van der Waals surface area contributed by atoms with Crippen molar-refractivity contribution in [3.05, 3.63) is 60.2 Å². The van der Waals surface area contributed by atoms with E-state index in [1.54, 1.807) is 44.6 Å². The largest absolute Gasteiger partial charge is 0.496 e. The first kappa shape index (κ1) is 16.9. The lowest BCUT2D eigenvalue weighted by Gasteiger charge is -2.13. The van der Waals surface area contributed by atoms with Gasteiger partial charge in [0, 0.05) is 23.3 Å². The molecule has 0 aliphatic heterocycles. The molecule has 0 saturated heterocycles. The highest BCUT2D eigenvalue weighted by atomic mass is 19.1. The molecule has 0 radical (unpaired) electrons. The van der Waals surface area contributed by atoms with E-state index in [0.717, 1.165) is 16.3 Å². The molecule has 0 fully saturated rings. The highest BCUT2D eigenvalue weighted by Gasteiger charge is 2.14. The molecule has 3 rings (SSSR count). The number of fused-ring (bicyclic) bond motifs is 1. The topological polar surface area (TPSA) is 48.4 Å². The predicted octanol–water partition coefficient (Wildman–Crippen LogP) is 4.16. The Balaban J connectivity index is 2.14. The number of methoxy groups -OCH3 is 1. The lowest BCUT2D eigenvalue weighted by atomic mass is 9.96. The molecule has 0 bridgehead atoms. The maximum absolute atomic E-state index is 14.1. The van der Waals surface area contributed by atoms with Crippen LogP contribution in [0.15, 0.2) is 48.8 Å². The van der Waals surface area contributed by atoms with Crippen molar-refractivity contribution in [1.29, 1.82) is 0 Å². The smallest absolute Gasteiger partial charge is 0.310 e. The summed E-state index contributed by atoms with van der Waals surface area (Å²) in [5.74, 6) is -0.0423. The Labute approximate surface area is 145 Å². The van der Waals surface area contributed by atoms with Crippen molar-refractivity contribution in [1.82, 2.24) is 4.98 Å². The van der Waals surface area contributed by atoms with Gasteiger partial charge in [-0.1, -0.05) is 6.07 Å². The highest BCUT2D eigenvalue weighted by molar-refractivity contribution is 5.97. The van der Waals surface area contributed by atoms with Crippen LogP contribution in [-0.4, -0.2) is 24.7 Å². The van der Waals surface area contributed by atoms with Crippen molar-refractivity contribution in [2.24, 2.45) is 0 Å². The second-order valence-electron chi connectivity index (χ2n) is 5.57. The zero-order valence-corrected chi connectivity index (χ0v) is 14.1. The van der Waals surface area contributed by atoms with E-state index >= 15 is 0 Å². The third kappa shape index (κ3) is 3.60. The average Bonchev–Trinajstić information content (AvgIpc) is 2.61. The van der Waals surface area contributed by atoms with Crippen molar-refractivity contribution < 1.29 is 18.7 Å². The minimum absolute atomic E-state index is 0.149. The summed E-state index contributed by atoms with van der Waals surface area (Å²) in [5.41, 5.74) is 2.16. The first-order valence-corrected chi connectivity index (χ1v) is 7.98. The monoisotopic (exact) mass is 339 g/mol. The molecule has 3 aromatic rings. The number of ether oxygens (including phenoxy) is 2. The molecule has 0 aliphatic rings. The van der Waals surface area contributed by atoms with Crippen molar-refractivity contribution in [3.8, 4) is 16.9 Å². The van der Waals surface area contributed by atoms with Crippen LogP contribution in [0.2, 0.25) is 0 Å². The van der Waals surface area contributed by atoms with E-state index in [9.17, 15) is 9.18 Å². The van der Waals surface area contributed by atoms with E-state index in [-0.39, 0.29) is 18.2 Å². The second-order valence-corrected chi connectivity index (χ2v) is 5.57. The molecule has 0 amide bonds. The van der Waals surface area contributed by atoms with Crippen LogP contribution in [0.5, 0.6) is 5.75 Å². The van der Waals surface area contributed by atoms with Gasteiger partial charge in [-0.15, -0.1) is 0 Å². The number of esters is 1. The summed E-state index contributed by atoms with van der Waals surface area (Å²) in [6, 6.07) is 10.1. The molecule has 5 heteroatoms. The zero-order valence-electron chi connectivity index (χ0n) is 14.1. The molecule has 0 saturated carbocycles. The van der Waals surface area contributed by atoms with Gasteiger partial charge >= 0.3 is 5.97 Å². The Morgan fingerprint density at radius 1 is 1.16 bits per heavy atom. The molecule has 128 valence electrons. The summed E-state index contributed by atoms with van der Waals surface area (Å²) in [6.07, 6.45) is 3.47. The third-order valence-electron chi connectivity index (χ3n) is 3.93. The van der Waals surface area contributed by atoms with Crippen LogP contribution < -0.4 is 4.74 Å². The van der Waals surface area contributed by atoms with Crippen molar-refractivity contribution in [3.63, 3.8) is 0 Å². The fraction of sp³-hybridized carbons (Fsp3) is 0.200. The lowest BCUT2D eigenvalue weighted by molar-refractivity contribution is -0.142.